The van der Waals surface area contributed by atoms with E-state index >= 15 is 0 Å². The summed E-state index contributed by atoms with van der Waals surface area (Å²) in [6.07, 6.45) is 1.26. The fourth-order valence-corrected chi connectivity index (χ4v) is 2.93. The van der Waals surface area contributed by atoms with Crippen LogP contribution in [0.1, 0.15) is 12.0 Å². The SMILES string of the molecule is CS(=O)(=O)N(CCC(=O)Nc1ccccc1)Cc1ccccc1. The second-order valence-electron chi connectivity index (χ2n) is 5.25. The van der Waals surface area contributed by atoms with Crippen LogP contribution in [0.3, 0.4) is 0 Å². The van der Waals surface area contributed by atoms with Gasteiger partial charge in [0.1, 0.15) is 0 Å². The van der Waals surface area contributed by atoms with Gasteiger partial charge in [-0.3, -0.25) is 4.79 Å². The molecule has 23 heavy (non-hydrogen) atoms. The summed E-state index contributed by atoms with van der Waals surface area (Å²) < 4.78 is 25.1. The Kier molecular flexibility index (Phi) is 5.90. The van der Waals surface area contributed by atoms with Gasteiger partial charge in [-0.25, -0.2) is 8.42 Å². The van der Waals surface area contributed by atoms with Crippen molar-refractivity contribution in [2.45, 2.75) is 13.0 Å². The Morgan fingerprint density at radius 3 is 2.13 bits per heavy atom. The van der Waals surface area contributed by atoms with Crippen LogP contribution in [0.25, 0.3) is 0 Å². The Balaban J connectivity index is 1.95. The number of sulfonamides is 1. The molecule has 0 aliphatic carbocycles. The zero-order valence-electron chi connectivity index (χ0n) is 13.0. The van der Waals surface area contributed by atoms with Gasteiger partial charge in [0.2, 0.25) is 15.9 Å². The Morgan fingerprint density at radius 2 is 1.57 bits per heavy atom. The minimum absolute atomic E-state index is 0.106. The Morgan fingerprint density at radius 1 is 1.00 bits per heavy atom. The van der Waals surface area contributed by atoms with Crippen molar-refractivity contribution in [3.05, 3.63) is 66.2 Å². The van der Waals surface area contributed by atoms with Crippen molar-refractivity contribution < 1.29 is 13.2 Å². The molecule has 0 heterocycles. The molecular formula is C17H20N2O3S. The molecule has 0 unspecified atom stereocenters. The van der Waals surface area contributed by atoms with Gasteiger partial charge in [-0.1, -0.05) is 48.5 Å². The third kappa shape index (κ3) is 5.84. The van der Waals surface area contributed by atoms with Crippen LogP contribution in [0.5, 0.6) is 0 Å². The third-order valence-electron chi connectivity index (χ3n) is 3.32. The maximum atomic E-state index is 12.0. The van der Waals surface area contributed by atoms with E-state index in [2.05, 4.69) is 5.32 Å². The first-order chi connectivity index (χ1) is 10.9. The van der Waals surface area contributed by atoms with Crippen molar-refractivity contribution in [3.8, 4) is 0 Å². The first-order valence-corrected chi connectivity index (χ1v) is 9.14. The maximum absolute atomic E-state index is 12.0. The minimum Gasteiger partial charge on any atom is -0.326 e. The van der Waals surface area contributed by atoms with Crippen molar-refractivity contribution in [2.24, 2.45) is 0 Å². The predicted molar refractivity (Wildman–Crippen MR) is 91.4 cm³/mol. The summed E-state index contributed by atoms with van der Waals surface area (Å²) in [6, 6.07) is 18.4. The maximum Gasteiger partial charge on any atom is 0.225 e. The van der Waals surface area contributed by atoms with E-state index in [4.69, 9.17) is 0 Å². The van der Waals surface area contributed by atoms with E-state index in [1.807, 2.05) is 48.5 Å². The number of benzene rings is 2. The van der Waals surface area contributed by atoms with E-state index in [1.54, 1.807) is 12.1 Å². The van der Waals surface area contributed by atoms with Gasteiger partial charge in [-0.2, -0.15) is 4.31 Å². The summed E-state index contributed by atoms with van der Waals surface area (Å²) in [5.41, 5.74) is 1.59. The molecule has 0 saturated carbocycles. The lowest BCUT2D eigenvalue weighted by atomic mass is 10.2. The number of hydrogen-bond donors (Lipinski definition) is 1. The Bertz CT molecular complexity index is 731. The van der Waals surface area contributed by atoms with Gasteiger partial charge in [-0.15, -0.1) is 0 Å². The highest BCUT2D eigenvalue weighted by Crippen LogP contribution is 2.10. The number of rotatable bonds is 7. The van der Waals surface area contributed by atoms with Crippen LogP contribution in [0.2, 0.25) is 0 Å². The van der Waals surface area contributed by atoms with Crippen molar-refractivity contribution in [2.75, 3.05) is 18.1 Å². The lowest BCUT2D eigenvalue weighted by Crippen LogP contribution is -2.32. The van der Waals surface area contributed by atoms with Crippen molar-refractivity contribution >= 4 is 21.6 Å². The molecule has 0 fully saturated rings. The van der Waals surface area contributed by atoms with Gasteiger partial charge in [0.05, 0.1) is 6.26 Å². The van der Waals surface area contributed by atoms with E-state index in [9.17, 15) is 13.2 Å². The normalized spacial score (nSPS) is 11.4. The molecule has 2 aromatic carbocycles. The molecule has 0 aliphatic rings. The molecule has 5 nitrogen and oxygen atoms in total. The summed E-state index contributed by atoms with van der Waals surface area (Å²) in [4.78, 5) is 12.0. The minimum atomic E-state index is -3.38. The summed E-state index contributed by atoms with van der Waals surface area (Å²) >= 11 is 0. The van der Waals surface area contributed by atoms with E-state index in [0.717, 1.165) is 11.8 Å². The number of nitrogens with one attached hydrogen (secondary N) is 1. The molecule has 122 valence electrons. The summed E-state index contributed by atoms with van der Waals surface area (Å²) in [5, 5.41) is 2.75. The molecule has 2 aromatic rings. The number of nitrogens with zero attached hydrogens (tertiary/aromatic N) is 1. The Labute approximate surface area is 137 Å². The summed E-state index contributed by atoms with van der Waals surface area (Å²) in [6.45, 7) is 0.407. The molecule has 0 aliphatic heterocycles. The highest BCUT2D eigenvalue weighted by molar-refractivity contribution is 7.88. The molecule has 6 heteroatoms. The number of carbonyl (C=O) groups excluding carboxylic acids is 1. The predicted octanol–water partition coefficient (Wildman–Crippen LogP) is 2.48. The zero-order valence-corrected chi connectivity index (χ0v) is 13.8. The molecule has 0 atom stereocenters. The summed E-state index contributed by atoms with van der Waals surface area (Å²) in [5.74, 6) is -0.210. The zero-order chi connectivity index (χ0) is 16.7. The van der Waals surface area contributed by atoms with Crippen LogP contribution in [0.15, 0.2) is 60.7 Å². The highest BCUT2D eigenvalue weighted by atomic mass is 32.2. The number of amides is 1. The van der Waals surface area contributed by atoms with Gasteiger partial charge in [0, 0.05) is 25.2 Å². The first kappa shape index (κ1) is 17.2. The molecule has 0 saturated heterocycles. The van der Waals surface area contributed by atoms with E-state index in [-0.39, 0.29) is 25.4 Å². The Hall–Kier alpha value is -2.18. The average molecular weight is 332 g/mol. The first-order valence-electron chi connectivity index (χ1n) is 7.29. The molecular weight excluding hydrogens is 312 g/mol. The van der Waals surface area contributed by atoms with Gasteiger partial charge in [0.25, 0.3) is 0 Å². The fraction of sp³-hybridized carbons (Fsp3) is 0.235. The van der Waals surface area contributed by atoms with Crippen LogP contribution in [0.4, 0.5) is 5.69 Å². The molecule has 0 radical (unpaired) electrons. The van der Waals surface area contributed by atoms with E-state index in [1.165, 1.54) is 4.31 Å². The lowest BCUT2D eigenvalue weighted by Gasteiger charge is -2.19. The van der Waals surface area contributed by atoms with Gasteiger partial charge in [0.15, 0.2) is 0 Å². The molecule has 0 bridgehead atoms. The van der Waals surface area contributed by atoms with Gasteiger partial charge < -0.3 is 5.32 Å². The van der Waals surface area contributed by atoms with Crippen LogP contribution in [0, 0.1) is 0 Å². The fourth-order valence-electron chi connectivity index (χ4n) is 2.12. The van der Waals surface area contributed by atoms with Crippen LogP contribution in [-0.2, 0) is 21.4 Å². The average Bonchev–Trinajstić information content (AvgIpc) is 2.52. The monoisotopic (exact) mass is 332 g/mol. The second-order valence-corrected chi connectivity index (χ2v) is 7.23. The van der Waals surface area contributed by atoms with Crippen molar-refractivity contribution in [3.63, 3.8) is 0 Å². The van der Waals surface area contributed by atoms with Crippen LogP contribution < -0.4 is 5.32 Å². The molecule has 0 aromatic heterocycles. The number of carbonyl (C=O) groups is 1. The van der Waals surface area contributed by atoms with E-state index in [0.29, 0.717) is 5.69 Å². The molecule has 1 N–H and O–H groups in total. The van der Waals surface area contributed by atoms with Crippen LogP contribution >= 0.6 is 0 Å². The quantitative estimate of drug-likeness (QED) is 0.847. The van der Waals surface area contributed by atoms with Crippen molar-refractivity contribution in [1.29, 1.82) is 0 Å². The molecule has 1 amide bonds. The second kappa shape index (κ2) is 7.89. The summed E-state index contributed by atoms with van der Waals surface area (Å²) in [7, 11) is -3.38. The third-order valence-corrected chi connectivity index (χ3v) is 4.57. The smallest absolute Gasteiger partial charge is 0.225 e. The van der Waals surface area contributed by atoms with Gasteiger partial charge in [-0.05, 0) is 17.7 Å². The van der Waals surface area contributed by atoms with Crippen molar-refractivity contribution in [1.82, 2.24) is 4.31 Å². The number of para-hydroxylation sites is 1. The number of hydrogen-bond acceptors (Lipinski definition) is 3. The van der Waals surface area contributed by atoms with Gasteiger partial charge >= 0.3 is 0 Å². The number of anilines is 1. The molecule has 0 spiro atoms. The standard InChI is InChI=1S/C17H20N2O3S/c1-23(21,22)19(14-15-8-4-2-5-9-15)13-12-17(20)18-16-10-6-3-7-11-16/h2-11H,12-14H2,1H3,(H,18,20). The highest BCUT2D eigenvalue weighted by Gasteiger charge is 2.18. The van der Waals surface area contributed by atoms with E-state index < -0.39 is 10.0 Å². The lowest BCUT2D eigenvalue weighted by molar-refractivity contribution is -0.116. The topological polar surface area (TPSA) is 66.5 Å². The van der Waals surface area contributed by atoms with Crippen LogP contribution in [-0.4, -0.2) is 31.4 Å². The largest absolute Gasteiger partial charge is 0.326 e. The molecule has 2 rings (SSSR count).